The van der Waals surface area contributed by atoms with Crippen LogP contribution in [0.25, 0.3) is 0 Å². The summed E-state index contributed by atoms with van der Waals surface area (Å²) in [4.78, 5) is 3.73. The molecule has 0 fully saturated rings. The van der Waals surface area contributed by atoms with E-state index >= 15 is 0 Å². The zero-order valence-corrected chi connectivity index (χ0v) is 7.31. The van der Waals surface area contributed by atoms with Gasteiger partial charge in [-0.25, -0.2) is 0 Å². The Bertz CT molecular complexity index is 109. The largest absolute Gasteiger partial charge is 0.349 e. The maximum Gasteiger partial charge on any atom is 0.192 e. The molecule has 0 bridgehead atoms. The van der Waals surface area contributed by atoms with E-state index in [-0.39, 0.29) is 0 Å². The molecule has 3 nitrogen and oxygen atoms in total. The molecule has 0 aromatic rings. The molecule has 0 unspecified atom stereocenters. The van der Waals surface area contributed by atoms with Gasteiger partial charge < -0.3 is 9.80 Å². The van der Waals surface area contributed by atoms with Crippen LogP contribution in [0.15, 0.2) is 0 Å². The molecule has 0 saturated carbocycles. The van der Waals surface area contributed by atoms with Crippen LogP contribution < -0.4 is 0 Å². The van der Waals surface area contributed by atoms with Crippen molar-refractivity contribution in [3.05, 3.63) is 0 Å². The molecular formula is C7H17N3. The lowest BCUT2D eigenvalue weighted by Crippen LogP contribution is -2.37. The average molecular weight is 143 g/mol. The second-order valence-electron chi connectivity index (χ2n) is 2.64. The summed E-state index contributed by atoms with van der Waals surface area (Å²) in [6.45, 7) is 3.07. The lowest BCUT2D eigenvalue weighted by Gasteiger charge is -2.24. The lowest BCUT2D eigenvalue weighted by atomic mass is 10.4. The van der Waals surface area contributed by atoms with E-state index in [0.29, 0.717) is 5.96 Å². The van der Waals surface area contributed by atoms with Crippen molar-refractivity contribution in [2.75, 3.05) is 27.7 Å². The van der Waals surface area contributed by atoms with Crippen molar-refractivity contribution in [1.82, 2.24) is 9.80 Å². The predicted octanol–water partition coefficient (Wildman–Crippen LogP) is 0.825. The number of hydrogen-bond donors (Lipinski definition) is 1. The van der Waals surface area contributed by atoms with Crippen LogP contribution in [0, 0.1) is 5.41 Å². The molecule has 0 atom stereocenters. The van der Waals surface area contributed by atoms with Crippen molar-refractivity contribution in [2.24, 2.45) is 0 Å². The summed E-state index contributed by atoms with van der Waals surface area (Å²) in [5.74, 6) is 0.571. The molecule has 0 rings (SSSR count). The van der Waals surface area contributed by atoms with Crippen LogP contribution in [-0.2, 0) is 0 Å². The fourth-order valence-electron chi connectivity index (χ4n) is 0.783. The van der Waals surface area contributed by atoms with E-state index in [1.165, 1.54) is 0 Å². The molecule has 0 aliphatic carbocycles. The third-order valence-corrected chi connectivity index (χ3v) is 1.34. The Morgan fingerprint density at radius 2 is 1.80 bits per heavy atom. The molecule has 0 heterocycles. The second kappa shape index (κ2) is 4.14. The highest BCUT2D eigenvalue weighted by molar-refractivity contribution is 5.75. The summed E-state index contributed by atoms with van der Waals surface area (Å²) >= 11 is 0. The Morgan fingerprint density at radius 1 is 1.30 bits per heavy atom. The maximum absolute atomic E-state index is 7.50. The number of guanidine groups is 1. The summed E-state index contributed by atoms with van der Waals surface area (Å²) in [5, 5.41) is 7.50. The summed E-state index contributed by atoms with van der Waals surface area (Å²) in [5.41, 5.74) is 0. The molecule has 10 heavy (non-hydrogen) atoms. The Morgan fingerprint density at radius 3 is 2.10 bits per heavy atom. The highest BCUT2D eigenvalue weighted by Gasteiger charge is 2.02. The lowest BCUT2D eigenvalue weighted by molar-refractivity contribution is 0.419. The molecule has 0 amide bonds. The summed E-state index contributed by atoms with van der Waals surface area (Å²) < 4.78 is 0. The molecule has 0 aliphatic rings. The van der Waals surface area contributed by atoms with E-state index in [9.17, 15) is 0 Å². The van der Waals surface area contributed by atoms with E-state index in [4.69, 9.17) is 5.41 Å². The van der Waals surface area contributed by atoms with Gasteiger partial charge in [0.15, 0.2) is 5.96 Å². The van der Waals surface area contributed by atoms with Gasteiger partial charge in [0.1, 0.15) is 0 Å². The number of nitrogens with zero attached hydrogens (tertiary/aromatic N) is 2. The van der Waals surface area contributed by atoms with Crippen molar-refractivity contribution in [3.8, 4) is 0 Å². The minimum atomic E-state index is 0.571. The first-order chi connectivity index (χ1) is 4.59. The molecule has 0 aromatic heterocycles. The molecule has 0 spiro atoms. The first-order valence-electron chi connectivity index (χ1n) is 3.56. The van der Waals surface area contributed by atoms with Gasteiger partial charge in [0.25, 0.3) is 0 Å². The van der Waals surface area contributed by atoms with Crippen LogP contribution >= 0.6 is 0 Å². The Balaban J connectivity index is 3.71. The standard InChI is InChI=1S/C7H17N3/c1-5-6-10(4)7(8)9(2)3/h8H,5-6H2,1-4H3. The van der Waals surface area contributed by atoms with E-state index in [0.717, 1.165) is 13.0 Å². The monoisotopic (exact) mass is 143 g/mol. The fourth-order valence-corrected chi connectivity index (χ4v) is 0.783. The van der Waals surface area contributed by atoms with Crippen molar-refractivity contribution in [2.45, 2.75) is 13.3 Å². The summed E-state index contributed by atoms with van der Waals surface area (Å²) in [6, 6.07) is 0. The highest BCUT2D eigenvalue weighted by atomic mass is 15.3. The van der Waals surface area contributed by atoms with Gasteiger partial charge in [-0.3, -0.25) is 5.41 Å². The highest BCUT2D eigenvalue weighted by Crippen LogP contribution is 1.89. The minimum Gasteiger partial charge on any atom is -0.349 e. The van der Waals surface area contributed by atoms with Gasteiger partial charge >= 0.3 is 0 Å². The molecule has 0 radical (unpaired) electrons. The van der Waals surface area contributed by atoms with E-state index < -0.39 is 0 Å². The number of hydrogen-bond acceptors (Lipinski definition) is 1. The van der Waals surface area contributed by atoms with Crippen molar-refractivity contribution < 1.29 is 0 Å². The third-order valence-electron chi connectivity index (χ3n) is 1.34. The molecular weight excluding hydrogens is 126 g/mol. The summed E-state index contributed by atoms with van der Waals surface area (Å²) in [7, 11) is 5.70. The van der Waals surface area contributed by atoms with Crippen molar-refractivity contribution in [3.63, 3.8) is 0 Å². The molecule has 1 N–H and O–H groups in total. The van der Waals surface area contributed by atoms with Gasteiger partial charge in [-0.2, -0.15) is 0 Å². The zero-order valence-electron chi connectivity index (χ0n) is 7.31. The predicted molar refractivity (Wildman–Crippen MR) is 44.3 cm³/mol. The van der Waals surface area contributed by atoms with Gasteiger partial charge in [-0.1, -0.05) is 6.92 Å². The molecule has 0 aromatic carbocycles. The minimum absolute atomic E-state index is 0.571. The van der Waals surface area contributed by atoms with E-state index in [1.54, 1.807) is 4.90 Å². The molecule has 0 saturated heterocycles. The topological polar surface area (TPSA) is 30.3 Å². The van der Waals surface area contributed by atoms with Crippen molar-refractivity contribution >= 4 is 5.96 Å². The first-order valence-corrected chi connectivity index (χ1v) is 3.56. The maximum atomic E-state index is 7.50. The molecule has 3 heteroatoms. The van der Waals surface area contributed by atoms with Crippen LogP contribution in [0.2, 0.25) is 0 Å². The Labute approximate surface area is 63.1 Å². The Hall–Kier alpha value is -0.730. The number of rotatable bonds is 2. The Kier molecular flexibility index (Phi) is 3.84. The van der Waals surface area contributed by atoms with Crippen LogP contribution in [0.3, 0.4) is 0 Å². The molecule has 60 valence electrons. The first kappa shape index (κ1) is 9.27. The fraction of sp³-hybridized carbons (Fsp3) is 0.857. The SMILES string of the molecule is CCCN(C)C(=N)N(C)C. The smallest absolute Gasteiger partial charge is 0.192 e. The second-order valence-corrected chi connectivity index (χ2v) is 2.64. The average Bonchev–Trinajstić information content (AvgIpc) is 1.87. The van der Waals surface area contributed by atoms with Gasteiger partial charge in [0.05, 0.1) is 0 Å². The zero-order chi connectivity index (χ0) is 8.15. The van der Waals surface area contributed by atoms with Gasteiger partial charge in [-0.15, -0.1) is 0 Å². The van der Waals surface area contributed by atoms with Crippen LogP contribution in [0.5, 0.6) is 0 Å². The third kappa shape index (κ3) is 2.71. The van der Waals surface area contributed by atoms with Crippen LogP contribution in [0.4, 0.5) is 0 Å². The van der Waals surface area contributed by atoms with E-state index in [2.05, 4.69) is 6.92 Å². The quantitative estimate of drug-likeness (QED) is 0.458. The van der Waals surface area contributed by atoms with Gasteiger partial charge in [0, 0.05) is 27.7 Å². The summed E-state index contributed by atoms with van der Waals surface area (Å²) in [6.07, 6.45) is 1.09. The number of nitrogens with one attached hydrogen (secondary N) is 1. The molecule has 0 aliphatic heterocycles. The van der Waals surface area contributed by atoms with E-state index in [1.807, 2.05) is 26.0 Å². The normalized spacial score (nSPS) is 9.20. The van der Waals surface area contributed by atoms with Gasteiger partial charge in [0.2, 0.25) is 0 Å². The van der Waals surface area contributed by atoms with Crippen LogP contribution in [-0.4, -0.2) is 43.4 Å². The van der Waals surface area contributed by atoms with Gasteiger partial charge in [-0.05, 0) is 6.42 Å². The van der Waals surface area contributed by atoms with Crippen molar-refractivity contribution in [1.29, 1.82) is 5.41 Å². The van der Waals surface area contributed by atoms with Crippen LogP contribution in [0.1, 0.15) is 13.3 Å².